The zero-order valence-corrected chi connectivity index (χ0v) is 15.5. The fraction of sp³-hybridized carbons (Fsp3) is 0.222. The van der Waals surface area contributed by atoms with Crippen molar-refractivity contribution < 1.29 is 9.52 Å². The molecule has 4 aromatic rings. The molecule has 6 nitrogen and oxygen atoms in total. The van der Waals surface area contributed by atoms with E-state index in [1.54, 1.807) is 22.9 Å². The van der Waals surface area contributed by atoms with Gasteiger partial charge in [0.1, 0.15) is 11.9 Å². The van der Waals surface area contributed by atoms with Crippen molar-refractivity contribution in [2.45, 2.75) is 25.5 Å². The molecular formula is C18H17ClN4O2S. The number of rotatable bonds is 6. The lowest BCUT2D eigenvalue weighted by Gasteiger charge is -2.15. The number of nitrogens with one attached hydrogen (secondary N) is 1. The van der Waals surface area contributed by atoms with Crippen molar-refractivity contribution in [3.05, 3.63) is 59.6 Å². The highest BCUT2D eigenvalue weighted by Crippen LogP contribution is 2.27. The zero-order valence-electron chi connectivity index (χ0n) is 14.0. The molecular weight excluding hydrogens is 372 g/mol. The summed E-state index contributed by atoms with van der Waals surface area (Å²) in [5.41, 5.74) is 1.85. The molecule has 2 N–H and O–H groups in total. The van der Waals surface area contributed by atoms with E-state index in [1.165, 1.54) is 11.3 Å². The number of hydrogen-bond donors (Lipinski definition) is 2. The van der Waals surface area contributed by atoms with E-state index in [4.69, 9.17) is 16.0 Å². The first-order chi connectivity index (χ1) is 12.6. The van der Waals surface area contributed by atoms with Gasteiger partial charge in [0.25, 0.3) is 0 Å². The number of nitrogens with zero attached hydrogens (tertiary/aromatic N) is 3. The first-order valence-electron chi connectivity index (χ1n) is 8.18. The summed E-state index contributed by atoms with van der Waals surface area (Å²) in [7, 11) is 0. The molecule has 8 heteroatoms. The summed E-state index contributed by atoms with van der Waals surface area (Å²) in [6.07, 6.45) is 3.33. The molecule has 0 aliphatic heterocycles. The van der Waals surface area contributed by atoms with Crippen LogP contribution in [-0.4, -0.2) is 25.7 Å². The molecule has 0 fully saturated rings. The van der Waals surface area contributed by atoms with Gasteiger partial charge >= 0.3 is 0 Å². The highest BCUT2D eigenvalue weighted by molar-refractivity contribution is 7.20. The van der Waals surface area contributed by atoms with Crippen LogP contribution in [0.5, 0.6) is 0 Å². The number of imidazole rings is 1. The van der Waals surface area contributed by atoms with Gasteiger partial charge in [0.2, 0.25) is 10.1 Å². The maximum absolute atomic E-state index is 10.2. The van der Waals surface area contributed by atoms with Crippen molar-refractivity contribution >= 4 is 33.0 Å². The van der Waals surface area contributed by atoms with Gasteiger partial charge in [-0.3, -0.25) is 0 Å². The second-order valence-corrected chi connectivity index (χ2v) is 7.47. The fourth-order valence-electron chi connectivity index (χ4n) is 2.72. The fourth-order valence-corrected chi connectivity index (χ4v) is 3.74. The van der Waals surface area contributed by atoms with Gasteiger partial charge in [-0.05, 0) is 31.2 Å². The Labute approximate surface area is 159 Å². The lowest BCUT2D eigenvalue weighted by molar-refractivity contribution is 0.136. The number of aliphatic hydroxyl groups excluding tert-OH is 1. The molecule has 3 heterocycles. The zero-order chi connectivity index (χ0) is 18.1. The van der Waals surface area contributed by atoms with E-state index in [0.29, 0.717) is 17.2 Å². The molecule has 1 aromatic carbocycles. The van der Waals surface area contributed by atoms with Crippen LogP contribution < -0.4 is 5.32 Å². The van der Waals surface area contributed by atoms with Gasteiger partial charge in [0, 0.05) is 23.0 Å². The minimum atomic E-state index is -0.645. The van der Waals surface area contributed by atoms with Crippen LogP contribution in [0, 0.1) is 0 Å². The number of aliphatic hydroxyl groups is 1. The molecule has 0 amide bonds. The van der Waals surface area contributed by atoms with Gasteiger partial charge < -0.3 is 14.8 Å². The van der Waals surface area contributed by atoms with Gasteiger partial charge in [0.15, 0.2) is 0 Å². The molecule has 0 aliphatic rings. The smallest absolute Gasteiger partial charge is 0.214 e. The third-order valence-corrected chi connectivity index (χ3v) is 5.11. The van der Waals surface area contributed by atoms with Gasteiger partial charge in [-0.15, -0.1) is 5.10 Å². The monoisotopic (exact) mass is 388 g/mol. The van der Waals surface area contributed by atoms with E-state index in [1.807, 2.05) is 37.4 Å². The Bertz CT molecular complexity index is 963. The average molecular weight is 389 g/mol. The lowest BCUT2D eigenvalue weighted by Crippen LogP contribution is -2.18. The van der Waals surface area contributed by atoms with E-state index < -0.39 is 6.10 Å². The summed E-state index contributed by atoms with van der Waals surface area (Å²) in [5.74, 6) is 0.570. The van der Waals surface area contributed by atoms with Crippen LogP contribution in [0.2, 0.25) is 5.02 Å². The Morgan fingerprint density at radius 1 is 1.31 bits per heavy atom. The second kappa shape index (κ2) is 7.11. The molecule has 4 rings (SSSR count). The number of benzene rings is 1. The number of fused-ring (bicyclic) bond motifs is 1. The topological polar surface area (TPSA) is 75.6 Å². The Hall–Kier alpha value is -2.35. The third kappa shape index (κ3) is 3.60. The number of anilines is 1. The standard InChI is InChI=1S/C18H17ClN4O2S/c1-11(9-15(24)16-3-2-8-25-16)20-17-22-23-10-14(21-18(23)26-17)12-4-6-13(19)7-5-12/h2-8,10-11,15,24H,9H2,1H3,(H,20,22). The first-order valence-corrected chi connectivity index (χ1v) is 9.38. The van der Waals surface area contributed by atoms with Crippen LogP contribution in [0.25, 0.3) is 16.2 Å². The summed E-state index contributed by atoms with van der Waals surface area (Å²) in [6, 6.07) is 11.1. The van der Waals surface area contributed by atoms with E-state index in [-0.39, 0.29) is 6.04 Å². The van der Waals surface area contributed by atoms with Crippen molar-refractivity contribution in [1.29, 1.82) is 0 Å². The molecule has 0 bridgehead atoms. The van der Waals surface area contributed by atoms with E-state index in [9.17, 15) is 5.11 Å². The third-order valence-electron chi connectivity index (χ3n) is 4.00. The maximum Gasteiger partial charge on any atom is 0.214 e. The minimum Gasteiger partial charge on any atom is -0.467 e. The molecule has 0 saturated carbocycles. The number of hydrogen-bond acceptors (Lipinski definition) is 6. The van der Waals surface area contributed by atoms with E-state index in [2.05, 4.69) is 15.4 Å². The number of furan rings is 1. The summed E-state index contributed by atoms with van der Waals surface area (Å²) in [6.45, 7) is 2.00. The van der Waals surface area contributed by atoms with Crippen molar-refractivity contribution in [3.8, 4) is 11.3 Å². The Morgan fingerprint density at radius 3 is 2.81 bits per heavy atom. The lowest BCUT2D eigenvalue weighted by atomic mass is 10.1. The molecule has 2 unspecified atom stereocenters. The SMILES string of the molecule is CC(CC(O)c1ccco1)Nc1nn2cc(-c3ccc(Cl)cc3)nc2s1. The van der Waals surface area contributed by atoms with E-state index >= 15 is 0 Å². The Balaban J connectivity index is 1.44. The highest BCUT2D eigenvalue weighted by atomic mass is 35.5. The molecule has 0 spiro atoms. The van der Waals surface area contributed by atoms with Crippen molar-refractivity contribution in [2.24, 2.45) is 0 Å². The summed E-state index contributed by atoms with van der Waals surface area (Å²) < 4.78 is 6.99. The van der Waals surface area contributed by atoms with Gasteiger partial charge in [-0.2, -0.15) is 0 Å². The van der Waals surface area contributed by atoms with Crippen LogP contribution in [0.4, 0.5) is 5.13 Å². The Morgan fingerprint density at radius 2 is 2.12 bits per heavy atom. The average Bonchev–Trinajstić information content (AvgIpc) is 3.31. The number of aromatic nitrogens is 3. The van der Waals surface area contributed by atoms with E-state index in [0.717, 1.165) is 21.3 Å². The maximum atomic E-state index is 10.2. The number of halogens is 1. The summed E-state index contributed by atoms with van der Waals surface area (Å²) in [5, 5.41) is 19.4. The summed E-state index contributed by atoms with van der Waals surface area (Å²) in [4.78, 5) is 5.42. The molecule has 26 heavy (non-hydrogen) atoms. The van der Waals surface area contributed by atoms with Gasteiger partial charge in [0.05, 0.1) is 18.2 Å². The Kier molecular flexibility index (Phi) is 4.67. The minimum absolute atomic E-state index is 0.0293. The molecule has 0 aliphatic carbocycles. The van der Waals surface area contributed by atoms with Gasteiger partial charge in [-0.1, -0.05) is 35.1 Å². The summed E-state index contributed by atoms with van der Waals surface area (Å²) >= 11 is 7.39. The van der Waals surface area contributed by atoms with Crippen molar-refractivity contribution in [3.63, 3.8) is 0 Å². The van der Waals surface area contributed by atoms with Gasteiger partial charge in [-0.25, -0.2) is 9.50 Å². The molecule has 2 atom stereocenters. The second-order valence-electron chi connectivity index (χ2n) is 6.08. The highest BCUT2D eigenvalue weighted by Gasteiger charge is 2.17. The normalized spacial score (nSPS) is 13.8. The van der Waals surface area contributed by atoms with Crippen LogP contribution in [0.3, 0.4) is 0 Å². The van der Waals surface area contributed by atoms with Crippen LogP contribution in [0.15, 0.2) is 53.3 Å². The van der Waals surface area contributed by atoms with Crippen molar-refractivity contribution in [2.75, 3.05) is 5.32 Å². The predicted octanol–water partition coefficient (Wildman–Crippen LogP) is 4.63. The molecule has 0 radical (unpaired) electrons. The van der Waals surface area contributed by atoms with Crippen LogP contribution >= 0.6 is 22.9 Å². The molecule has 3 aromatic heterocycles. The van der Waals surface area contributed by atoms with Crippen molar-refractivity contribution in [1.82, 2.24) is 14.6 Å². The first kappa shape index (κ1) is 17.1. The largest absolute Gasteiger partial charge is 0.467 e. The molecule has 0 saturated heterocycles. The van der Waals surface area contributed by atoms with Crippen LogP contribution in [-0.2, 0) is 0 Å². The molecule has 134 valence electrons. The van der Waals surface area contributed by atoms with Crippen LogP contribution in [0.1, 0.15) is 25.2 Å². The predicted molar refractivity (Wildman–Crippen MR) is 103 cm³/mol. The quantitative estimate of drug-likeness (QED) is 0.503.